The van der Waals surface area contributed by atoms with E-state index in [0.717, 1.165) is 17.7 Å². The van der Waals surface area contributed by atoms with Crippen LogP contribution in [-0.4, -0.2) is 37.4 Å². The van der Waals surface area contributed by atoms with E-state index in [0.29, 0.717) is 18.5 Å². The van der Waals surface area contributed by atoms with Gasteiger partial charge in [0.15, 0.2) is 0 Å². The first kappa shape index (κ1) is 19.2. The molecule has 3 rings (SSSR count). The third kappa shape index (κ3) is 5.21. The van der Waals surface area contributed by atoms with Crippen molar-refractivity contribution in [2.45, 2.75) is 12.8 Å². The molecule has 3 amide bonds. The molecule has 0 spiro atoms. The molecule has 2 aromatic carbocycles. The molecule has 0 bridgehead atoms. The van der Waals surface area contributed by atoms with Crippen molar-refractivity contribution >= 4 is 23.4 Å². The quantitative estimate of drug-likeness (QED) is 0.781. The summed E-state index contributed by atoms with van der Waals surface area (Å²) in [7, 11) is 0. The third-order valence-electron chi connectivity index (χ3n) is 4.30. The van der Waals surface area contributed by atoms with Gasteiger partial charge in [0.2, 0.25) is 11.8 Å². The summed E-state index contributed by atoms with van der Waals surface area (Å²) in [5, 5.41) is 5.21. The monoisotopic (exact) mass is 375 g/mol. The van der Waals surface area contributed by atoms with Gasteiger partial charge >= 0.3 is 0 Å². The molecule has 0 radical (unpaired) electrons. The van der Waals surface area contributed by atoms with Gasteiger partial charge in [-0.3, -0.25) is 14.4 Å². The molecule has 0 saturated carbocycles. The first-order valence-corrected chi connectivity index (χ1v) is 9.13. The van der Waals surface area contributed by atoms with Crippen LogP contribution >= 0.6 is 0 Å². The fourth-order valence-electron chi connectivity index (χ4n) is 2.85. The molecule has 6 heteroatoms. The van der Waals surface area contributed by atoms with E-state index in [1.807, 2.05) is 30.3 Å². The van der Waals surface area contributed by atoms with Crippen molar-refractivity contribution in [3.63, 3.8) is 0 Å². The summed E-state index contributed by atoms with van der Waals surface area (Å²) in [5.41, 5.74) is 2.10. The van der Waals surface area contributed by atoms with Gasteiger partial charge in [-0.2, -0.15) is 0 Å². The number of hydrogen-bond donors (Lipinski definition) is 2. The minimum atomic E-state index is -0.343. The highest BCUT2D eigenvalue weighted by Gasteiger charge is 2.21. The summed E-state index contributed by atoms with van der Waals surface area (Å²) in [6, 6.07) is 16.3. The number of carbonyl (C=O) groups excluding carboxylic acids is 3. The molecule has 1 fully saturated rings. The van der Waals surface area contributed by atoms with Gasteiger partial charge < -0.3 is 15.5 Å². The molecule has 1 heterocycles. The minimum absolute atomic E-state index is 0.101. The number of nitrogens with one attached hydrogen (secondary N) is 2. The number of hydrogen-bond acceptors (Lipinski definition) is 3. The summed E-state index contributed by atoms with van der Waals surface area (Å²) in [6.45, 7) is 0.790. The van der Waals surface area contributed by atoms with Crippen LogP contribution in [0, 0.1) is 11.8 Å². The van der Waals surface area contributed by atoms with E-state index >= 15 is 0 Å². The minimum Gasteiger partial charge on any atom is -0.344 e. The van der Waals surface area contributed by atoms with Crippen LogP contribution in [0.25, 0.3) is 0 Å². The largest absolute Gasteiger partial charge is 0.344 e. The van der Waals surface area contributed by atoms with Gasteiger partial charge in [-0.05, 0) is 42.8 Å². The zero-order valence-corrected chi connectivity index (χ0v) is 15.4. The van der Waals surface area contributed by atoms with E-state index in [-0.39, 0.29) is 30.8 Å². The van der Waals surface area contributed by atoms with Crippen molar-refractivity contribution in [1.29, 1.82) is 0 Å². The number of amides is 3. The van der Waals surface area contributed by atoms with E-state index in [2.05, 4.69) is 22.5 Å². The molecule has 0 atom stereocenters. The maximum absolute atomic E-state index is 12.2. The maximum Gasteiger partial charge on any atom is 0.251 e. The lowest BCUT2D eigenvalue weighted by molar-refractivity contribution is -0.120. The standard InChI is InChI=1S/C22H21N3O3/c26-20(23-14-4-8-17-6-2-1-3-7-17)16-24-22(28)18-10-12-19(13-11-18)25-15-5-9-21(25)27/h1-3,6-7,10-13H,5,9,14-16H2,(H,23,26)(H,24,28). The summed E-state index contributed by atoms with van der Waals surface area (Å²) >= 11 is 0. The Morgan fingerprint density at radius 1 is 1.00 bits per heavy atom. The Bertz CT molecular complexity index is 912. The van der Waals surface area contributed by atoms with Crippen molar-refractivity contribution in [2.24, 2.45) is 0 Å². The first-order valence-electron chi connectivity index (χ1n) is 9.13. The van der Waals surface area contributed by atoms with Gasteiger partial charge in [-0.15, -0.1) is 0 Å². The Balaban J connectivity index is 1.43. The van der Waals surface area contributed by atoms with Crippen molar-refractivity contribution < 1.29 is 14.4 Å². The predicted octanol–water partition coefficient (Wildman–Crippen LogP) is 1.71. The van der Waals surface area contributed by atoms with Crippen LogP contribution in [-0.2, 0) is 9.59 Å². The Labute approximate surface area is 163 Å². The summed E-state index contributed by atoms with van der Waals surface area (Å²) in [6.07, 6.45) is 1.42. The first-order chi connectivity index (χ1) is 13.6. The van der Waals surface area contributed by atoms with Gasteiger partial charge in [0.05, 0.1) is 13.1 Å². The van der Waals surface area contributed by atoms with Crippen molar-refractivity contribution in [3.05, 3.63) is 65.7 Å². The van der Waals surface area contributed by atoms with E-state index in [1.54, 1.807) is 29.2 Å². The van der Waals surface area contributed by atoms with Gasteiger partial charge in [-0.1, -0.05) is 30.0 Å². The fourth-order valence-corrected chi connectivity index (χ4v) is 2.85. The number of anilines is 1. The van der Waals surface area contributed by atoms with Crippen molar-refractivity contribution in [1.82, 2.24) is 10.6 Å². The molecule has 0 aromatic heterocycles. The second kappa shape index (κ2) is 9.38. The average molecular weight is 375 g/mol. The number of benzene rings is 2. The van der Waals surface area contributed by atoms with Gasteiger partial charge in [0, 0.05) is 29.8 Å². The second-order valence-corrected chi connectivity index (χ2v) is 6.32. The van der Waals surface area contributed by atoms with Crippen LogP contribution in [0.3, 0.4) is 0 Å². The third-order valence-corrected chi connectivity index (χ3v) is 4.30. The molecule has 2 N–H and O–H groups in total. The number of nitrogens with zero attached hydrogens (tertiary/aromatic N) is 1. The highest BCUT2D eigenvalue weighted by Crippen LogP contribution is 2.21. The molecular weight excluding hydrogens is 354 g/mol. The zero-order valence-electron chi connectivity index (χ0n) is 15.4. The second-order valence-electron chi connectivity index (χ2n) is 6.32. The Kier molecular flexibility index (Phi) is 6.42. The lowest BCUT2D eigenvalue weighted by atomic mass is 10.2. The molecule has 0 aliphatic carbocycles. The van der Waals surface area contributed by atoms with Crippen molar-refractivity contribution in [3.8, 4) is 11.8 Å². The van der Waals surface area contributed by atoms with Crippen LogP contribution < -0.4 is 15.5 Å². The molecule has 1 saturated heterocycles. The maximum atomic E-state index is 12.2. The van der Waals surface area contributed by atoms with Gasteiger partial charge in [0.1, 0.15) is 0 Å². The number of carbonyl (C=O) groups is 3. The highest BCUT2D eigenvalue weighted by molar-refractivity contribution is 5.98. The molecule has 28 heavy (non-hydrogen) atoms. The molecular formula is C22H21N3O3. The Hall–Kier alpha value is -3.59. The van der Waals surface area contributed by atoms with Crippen molar-refractivity contribution in [2.75, 3.05) is 24.5 Å². The van der Waals surface area contributed by atoms with E-state index in [4.69, 9.17) is 0 Å². The molecule has 142 valence electrons. The van der Waals surface area contributed by atoms with Crippen LogP contribution in [0.5, 0.6) is 0 Å². The topological polar surface area (TPSA) is 78.5 Å². The Morgan fingerprint density at radius 2 is 1.75 bits per heavy atom. The lowest BCUT2D eigenvalue weighted by Gasteiger charge is -2.15. The van der Waals surface area contributed by atoms with E-state index in [9.17, 15) is 14.4 Å². The fraction of sp³-hybridized carbons (Fsp3) is 0.227. The normalized spacial score (nSPS) is 12.9. The lowest BCUT2D eigenvalue weighted by Crippen LogP contribution is -2.37. The zero-order chi connectivity index (χ0) is 19.8. The summed E-state index contributed by atoms with van der Waals surface area (Å²) in [5.74, 6) is 5.25. The van der Waals surface area contributed by atoms with Crippen LogP contribution in [0.1, 0.15) is 28.8 Å². The number of rotatable bonds is 5. The predicted molar refractivity (Wildman–Crippen MR) is 107 cm³/mol. The van der Waals surface area contributed by atoms with Gasteiger partial charge in [-0.25, -0.2) is 0 Å². The SMILES string of the molecule is O=C(CNC(=O)c1ccc(N2CCCC2=O)cc1)NCC#Cc1ccccc1. The van der Waals surface area contributed by atoms with Crippen LogP contribution in [0.15, 0.2) is 54.6 Å². The molecule has 2 aromatic rings. The van der Waals surface area contributed by atoms with Gasteiger partial charge in [0.25, 0.3) is 5.91 Å². The summed E-state index contributed by atoms with van der Waals surface area (Å²) in [4.78, 5) is 37.4. The van der Waals surface area contributed by atoms with E-state index in [1.165, 1.54) is 0 Å². The van der Waals surface area contributed by atoms with Crippen LogP contribution in [0.2, 0.25) is 0 Å². The smallest absolute Gasteiger partial charge is 0.251 e. The van der Waals surface area contributed by atoms with E-state index < -0.39 is 0 Å². The molecule has 6 nitrogen and oxygen atoms in total. The molecule has 1 aliphatic heterocycles. The average Bonchev–Trinajstić information content (AvgIpc) is 3.16. The Morgan fingerprint density at radius 3 is 2.43 bits per heavy atom. The van der Waals surface area contributed by atoms with Crippen LogP contribution in [0.4, 0.5) is 5.69 Å². The summed E-state index contributed by atoms with van der Waals surface area (Å²) < 4.78 is 0. The highest BCUT2D eigenvalue weighted by atomic mass is 16.2. The molecule has 1 aliphatic rings. The molecule has 0 unspecified atom stereocenters.